The molecule has 34 heavy (non-hydrogen) atoms. The van der Waals surface area contributed by atoms with Crippen LogP contribution < -0.4 is 5.32 Å². The average Bonchev–Trinajstić information content (AvgIpc) is 3.29. The van der Waals surface area contributed by atoms with Crippen LogP contribution in [-0.4, -0.2) is 15.5 Å². The van der Waals surface area contributed by atoms with Gasteiger partial charge < -0.3 is 9.88 Å². The van der Waals surface area contributed by atoms with E-state index in [2.05, 4.69) is 42.6 Å². The molecule has 4 heteroatoms. The number of hydrogen-bond acceptors (Lipinski definition) is 2. The molecule has 0 radical (unpaired) electrons. The normalized spacial score (nSPS) is 11.9. The van der Waals surface area contributed by atoms with Crippen molar-refractivity contribution < 1.29 is 4.79 Å². The fraction of sp³-hybridized carbons (Fsp3) is 0.133. The zero-order chi connectivity index (χ0) is 23.5. The summed E-state index contributed by atoms with van der Waals surface area (Å²) in [6, 6.07) is 34.4. The predicted molar refractivity (Wildman–Crippen MR) is 139 cm³/mol. The monoisotopic (exact) mass is 445 g/mol. The summed E-state index contributed by atoms with van der Waals surface area (Å²) in [6.45, 7) is 4.69. The molecule has 0 spiro atoms. The summed E-state index contributed by atoms with van der Waals surface area (Å²) in [5.41, 5.74) is 4.26. The molecule has 5 aromatic rings. The Kier molecular flexibility index (Phi) is 5.96. The number of hydrogen-bond donors (Lipinski definition) is 1. The van der Waals surface area contributed by atoms with E-state index >= 15 is 0 Å². The van der Waals surface area contributed by atoms with Gasteiger partial charge in [-0.2, -0.15) is 0 Å². The van der Waals surface area contributed by atoms with Crippen molar-refractivity contribution in [2.75, 3.05) is 0 Å². The van der Waals surface area contributed by atoms with Crippen molar-refractivity contribution in [3.8, 4) is 22.6 Å². The van der Waals surface area contributed by atoms with Gasteiger partial charge in [-0.3, -0.25) is 4.79 Å². The van der Waals surface area contributed by atoms with Gasteiger partial charge in [0.2, 0.25) is 0 Å². The molecule has 4 nitrogen and oxygen atoms in total. The van der Waals surface area contributed by atoms with Crippen LogP contribution in [0.2, 0.25) is 0 Å². The minimum absolute atomic E-state index is 0.126. The first-order valence-corrected chi connectivity index (χ1v) is 11.7. The Labute approximate surface area is 199 Å². The highest BCUT2D eigenvalue weighted by atomic mass is 16.2. The lowest BCUT2D eigenvalue weighted by molar-refractivity contribution is 0.0931. The Morgan fingerprint density at radius 3 is 2.18 bits per heavy atom. The molecule has 168 valence electrons. The van der Waals surface area contributed by atoms with Gasteiger partial charge in [-0.15, -0.1) is 0 Å². The first-order valence-electron chi connectivity index (χ1n) is 11.7. The topological polar surface area (TPSA) is 46.9 Å². The van der Waals surface area contributed by atoms with E-state index in [-0.39, 0.29) is 11.9 Å². The highest BCUT2D eigenvalue weighted by Gasteiger charge is 2.25. The van der Waals surface area contributed by atoms with Crippen LogP contribution in [0.5, 0.6) is 0 Å². The minimum Gasteiger partial charge on any atom is -0.344 e. The first kappa shape index (κ1) is 21.7. The van der Waals surface area contributed by atoms with E-state index in [9.17, 15) is 4.79 Å². The molecule has 0 aliphatic carbocycles. The third-order valence-corrected chi connectivity index (χ3v) is 6.20. The maximum atomic E-state index is 13.7. The molecule has 1 aromatic heterocycles. The number of aromatic nitrogens is 2. The van der Waals surface area contributed by atoms with Gasteiger partial charge in [0.1, 0.15) is 17.2 Å². The number of nitrogens with zero attached hydrogens (tertiary/aromatic N) is 2. The number of carbonyl (C=O) groups excluding carboxylic acids is 1. The summed E-state index contributed by atoms with van der Waals surface area (Å²) in [5, 5.41) is 5.48. The standard InChI is InChI=1S/C30H27N3O/c1-3-33-28(30(34)31-21(2)22-12-6-4-7-13-22)27(32-29(33)24-15-8-5-9-16-24)26-19-18-23-14-10-11-17-25(23)20-26/h4-21H,3H2,1-2H3,(H,31,34). The molecule has 5 rings (SSSR count). The molecule has 0 fully saturated rings. The Morgan fingerprint density at radius 1 is 0.824 bits per heavy atom. The second-order valence-electron chi connectivity index (χ2n) is 8.41. The number of carbonyl (C=O) groups is 1. The molecular formula is C30H27N3O. The van der Waals surface area contributed by atoms with Gasteiger partial charge in [0.15, 0.2) is 0 Å². The fourth-order valence-corrected chi connectivity index (χ4v) is 4.43. The van der Waals surface area contributed by atoms with Gasteiger partial charge in [0.05, 0.1) is 6.04 Å². The van der Waals surface area contributed by atoms with Crippen LogP contribution >= 0.6 is 0 Å². The number of amides is 1. The quantitative estimate of drug-likeness (QED) is 0.310. The summed E-state index contributed by atoms with van der Waals surface area (Å²) < 4.78 is 2.02. The van der Waals surface area contributed by atoms with Gasteiger partial charge in [-0.05, 0) is 36.2 Å². The molecule has 4 aromatic carbocycles. The zero-order valence-corrected chi connectivity index (χ0v) is 19.4. The van der Waals surface area contributed by atoms with Crippen LogP contribution in [0.15, 0.2) is 103 Å². The number of rotatable bonds is 6. The van der Waals surface area contributed by atoms with E-state index in [1.807, 2.05) is 84.3 Å². The Balaban J connectivity index is 1.65. The number of nitrogens with one attached hydrogen (secondary N) is 1. The van der Waals surface area contributed by atoms with Crippen LogP contribution in [0, 0.1) is 0 Å². The summed E-state index contributed by atoms with van der Waals surface area (Å²) in [7, 11) is 0. The molecule has 0 aliphatic rings. The molecule has 0 bridgehead atoms. The van der Waals surface area contributed by atoms with Crippen LogP contribution in [0.4, 0.5) is 0 Å². The smallest absolute Gasteiger partial charge is 0.270 e. The Bertz CT molecular complexity index is 1440. The Hall–Kier alpha value is -4.18. The van der Waals surface area contributed by atoms with Crippen molar-refractivity contribution in [1.29, 1.82) is 0 Å². The van der Waals surface area contributed by atoms with Crippen LogP contribution in [0.25, 0.3) is 33.4 Å². The van der Waals surface area contributed by atoms with Gasteiger partial charge in [-0.1, -0.05) is 97.1 Å². The SMILES string of the molecule is CCn1c(-c2ccccc2)nc(-c2ccc3ccccc3c2)c1C(=O)NC(C)c1ccccc1. The van der Waals surface area contributed by atoms with Crippen LogP contribution in [0.3, 0.4) is 0 Å². The number of benzene rings is 4. The van der Waals surface area contributed by atoms with Gasteiger partial charge in [0.25, 0.3) is 5.91 Å². The largest absolute Gasteiger partial charge is 0.344 e. The molecule has 0 saturated carbocycles. The minimum atomic E-state index is -0.129. The van der Waals surface area contributed by atoms with Gasteiger partial charge in [-0.25, -0.2) is 4.98 Å². The van der Waals surface area contributed by atoms with Crippen LogP contribution in [0.1, 0.15) is 35.9 Å². The highest BCUT2D eigenvalue weighted by Crippen LogP contribution is 2.32. The fourth-order valence-electron chi connectivity index (χ4n) is 4.43. The Morgan fingerprint density at radius 2 is 1.47 bits per heavy atom. The molecule has 0 saturated heterocycles. The highest BCUT2D eigenvalue weighted by molar-refractivity contribution is 6.01. The van der Waals surface area contributed by atoms with E-state index < -0.39 is 0 Å². The molecule has 1 amide bonds. The third-order valence-electron chi connectivity index (χ3n) is 6.20. The first-order chi connectivity index (χ1) is 16.7. The van der Waals surface area contributed by atoms with Crippen LogP contribution in [-0.2, 0) is 6.54 Å². The van der Waals surface area contributed by atoms with Gasteiger partial charge in [0, 0.05) is 17.7 Å². The lowest BCUT2D eigenvalue weighted by Gasteiger charge is -2.16. The maximum Gasteiger partial charge on any atom is 0.270 e. The summed E-state index contributed by atoms with van der Waals surface area (Å²) in [5.74, 6) is 0.666. The second-order valence-corrected chi connectivity index (χ2v) is 8.41. The molecule has 0 aliphatic heterocycles. The number of fused-ring (bicyclic) bond motifs is 1. The molecule has 1 heterocycles. The van der Waals surface area contributed by atoms with E-state index in [1.165, 1.54) is 0 Å². The summed E-state index contributed by atoms with van der Waals surface area (Å²) in [6.07, 6.45) is 0. The van der Waals surface area contributed by atoms with E-state index in [0.717, 1.165) is 33.3 Å². The van der Waals surface area contributed by atoms with E-state index in [1.54, 1.807) is 0 Å². The van der Waals surface area contributed by atoms with Crippen molar-refractivity contribution in [2.45, 2.75) is 26.4 Å². The van der Waals surface area contributed by atoms with E-state index in [0.29, 0.717) is 17.9 Å². The molecular weight excluding hydrogens is 418 g/mol. The van der Waals surface area contributed by atoms with Crippen molar-refractivity contribution >= 4 is 16.7 Å². The van der Waals surface area contributed by atoms with Crippen molar-refractivity contribution in [2.24, 2.45) is 0 Å². The molecule has 1 N–H and O–H groups in total. The summed E-state index contributed by atoms with van der Waals surface area (Å²) in [4.78, 5) is 18.8. The van der Waals surface area contributed by atoms with Crippen molar-refractivity contribution in [3.05, 3.63) is 114 Å². The lowest BCUT2D eigenvalue weighted by atomic mass is 10.0. The predicted octanol–water partition coefficient (Wildman–Crippen LogP) is 6.88. The molecule has 1 unspecified atom stereocenters. The number of imidazole rings is 1. The zero-order valence-electron chi connectivity index (χ0n) is 19.4. The third kappa shape index (κ3) is 4.11. The summed E-state index contributed by atoms with van der Waals surface area (Å²) >= 11 is 0. The van der Waals surface area contributed by atoms with Gasteiger partial charge >= 0.3 is 0 Å². The maximum absolute atomic E-state index is 13.7. The molecule has 1 atom stereocenters. The second kappa shape index (κ2) is 9.36. The average molecular weight is 446 g/mol. The van der Waals surface area contributed by atoms with Crippen molar-refractivity contribution in [3.63, 3.8) is 0 Å². The van der Waals surface area contributed by atoms with E-state index in [4.69, 9.17) is 4.98 Å². The van der Waals surface area contributed by atoms with Crippen molar-refractivity contribution in [1.82, 2.24) is 14.9 Å². The lowest BCUT2D eigenvalue weighted by Crippen LogP contribution is -2.29.